The standard InChI is InChI=1S/C36H38N6O6/c1-36(2,3)48-30(43)24-40(21-19-37-42-33(45)27-16-10-11-17-28(27)34(42)46)22-23-41-20-18-29(39-35(41)47)38-32(44)31(25-12-6-4-7-13-25)26-14-8-5-9-15-26/h4-18,20,31,37H,19,21-24H2,1-3H3,(H,38,39,44,47). The molecule has 4 aromatic rings. The maximum atomic E-state index is 13.5. The summed E-state index contributed by atoms with van der Waals surface area (Å²) in [6.45, 7) is 6.07. The van der Waals surface area contributed by atoms with Crippen LogP contribution in [0.2, 0.25) is 0 Å². The molecule has 3 amide bonds. The predicted octanol–water partition coefficient (Wildman–Crippen LogP) is 3.46. The fourth-order valence-corrected chi connectivity index (χ4v) is 5.38. The van der Waals surface area contributed by atoms with E-state index in [1.807, 2.05) is 60.7 Å². The summed E-state index contributed by atoms with van der Waals surface area (Å²) in [5, 5.41) is 3.76. The number of benzene rings is 3. The Morgan fingerprint density at radius 1 is 0.812 bits per heavy atom. The molecule has 1 aliphatic rings. The summed E-state index contributed by atoms with van der Waals surface area (Å²) in [5.41, 5.74) is 3.85. The Morgan fingerprint density at radius 2 is 1.38 bits per heavy atom. The number of esters is 1. The molecule has 0 atom stereocenters. The van der Waals surface area contributed by atoms with Gasteiger partial charge in [0.15, 0.2) is 0 Å². The van der Waals surface area contributed by atoms with Gasteiger partial charge in [-0.05, 0) is 50.1 Å². The molecule has 0 spiro atoms. The number of rotatable bonds is 13. The number of fused-ring (bicyclic) bond motifs is 1. The van der Waals surface area contributed by atoms with Gasteiger partial charge in [-0.2, -0.15) is 4.98 Å². The summed E-state index contributed by atoms with van der Waals surface area (Å²) in [6, 6.07) is 26.9. The van der Waals surface area contributed by atoms with Crippen LogP contribution in [-0.4, -0.2) is 74.9 Å². The lowest BCUT2D eigenvalue weighted by Crippen LogP contribution is -2.47. The highest BCUT2D eigenvalue weighted by molar-refractivity contribution is 6.20. The molecule has 248 valence electrons. The minimum Gasteiger partial charge on any atom is -0.459 e. The zero-order valence-corrected chi connectivity index (χ0v) is 27.1. The minimum absolute atomic E-state index is 0.0856. The molecule has 1 aromatic heterocycles. The van der Waals surface area contributed by atoms with Gasteiger partial charge >= 0.3 is 11.7 Å². The Bertz CT molecular complexity index is 1760. The lowest BCUT2D eigenvalue weighted by Gasteiger charge is -2.26. The van der Waals surface area contributed by atoms with Crippen LogP contribution in [0.5, 0.6) is 0 Å². The Labute approximate surface area is 278 Å². The summed E-state index contributed by atoms with van der Waals surface area (Å²) < 4.78 is 6.87. The van der Waals surface area contributed by atoms with Crippen molar-refractivity contribution in [1.82, 2.24) is 24.9 Å². The molecule has 0 bridgehead atoms. The fraction of sp³-hybridized carbons (Fsp3) is 0.278. The number of ether oxygens (including phenoxy) is 1. The number of imide groups is 1. The second kappa shape index (κ2) is 15.0. The maximum absolute atomic E-state index is 13.5. The normalized spacial score (nSPS) is 12.8. The number of hydrazine groups is 1. The molecule has 0 radical (unpaired) electrons. The van der Waals surface area contributed by atoms with Gasteiger partial charge in [-0.25, -0.2) is 15.2 Å². The molecule has 0 unspecified atom stereocenters. The largest absolute Gasteiger partial charge is 0.459 e. The van der Waals surface area contributed by atoms with Gasteiger partial charge in [-0.15, -0.1) is 0 Å². The maximum Gasteiger partial charge on any atom is 0.349 e. The number of carbonyl (C=O) groups excluding carboxylic acids is 4. The molecule has 0 saturated carbocycles. The monoisotopic (exact) mass is 650 g/mol. The van der Waals surface area contributed by atoms with Crippen LogP contribution in [0.15, 0.2) is 102 Å². The number of nitrogens with one attached hydrogen (secondary N) is 2. The van der Waals surface area contributed by atoms with Crippen molar-refractivity contribution in [2.24, 2.45) is 0 Å². The van der Waals surface area contributed by atoms with Crippen molar-refractivity contribution in [3.63, 3.8) is 0 Å². The molecule has 12 nitrogen and oxygen atoms in total. The quantitative estimate of drug-likeness (QED) is 0.164. The van der Waals surface area contributed by atoms with E-state index < -0.39 is 35.0 Å². The summed E-state index contributed by atoms with van der Waals surface area (Å²) in [4.78, 5) is 70.5. The van der Waals surface area contributed by atoms with Crippen molar-refractivity contribution in [2.45, 2.75) is 38.8 Å². The van der Waals surface area contributed by atoms with Gasteiger partial charge in [0.1, 0.15) is 11.4 Å². The average Bonchev–Trinajstić information content (AvgIpc) is 3.29. The van der Waals surface area contributed by atoms with Crippen LogP contribution in [0.4, 0.5) is 5.82 Å². The van der Waals surface area contributed by atoms with Crippen LogP contribution < -0.4 is 16.4 Å². The van der Waals surface area contributed by atoms with E-state index in [0.29, 0.717) is 11.1 Å². The average molecular weight is 651 g/mol. The second-order valence-electron chi connectivity index (χ2n) is 12.3. The topological polar surface area (TPSA) is 143 Å². The molecule has 1 aliphatic heterocycles. The zero-order valence-electron chi connectivity index (χ0n) is 27.1. The molecule has 0 aliphatic carbocycles. The first-order chi connectivity index (χ1) is 23.0. The van der Waals surface area contributed by atoms with Gasteiger partial charge in [0.05, 0.1) is 23.6 Å². The van der Waals surface area contributed by atoms with Crippen molar-refractivity contribution in [3.8, 4) is 0 Å². The molecule has 0 saturated heterocycles. The van der Waals surface area contributed by atoms with Crippen molar-refractivity contribution >= 4 is 29.5 Å². The Balaban J connectivity index is 1.23. The van der Waals surface area contributed by atoms with Crippen molar-refractivity contribution in [3.05, 3.63) is 130 Å². The summed E-state index contributed by atoms with van der Waals surface area (Å²) in [5.74, 6) is -2.17. The van der Waals surface area contributed by atoms with Crippen molar-refractivity contribution in [2.75, 3.05) is 31.5 Å². The number of anilines is 1. The Morgan fingerprint density at radius 3 is 1.92 bits per heavy atom. The summed E-state index contributed by atoms with van der Waals surface area (Å²) >= 11 is 0. The summed E-state index contributed by atoms with van der Waals surface area (Å²) in [7, 11) is 0. The van der Waals surface area contributed by atoms with Gasteiger partial charge in [0, 0.05) is 32.4 Å². The van der Waals surface area contributed by atoms with Crippen LogP contribution in [0.1, 0.15) is 58.5 Å². The number of amides is 3. The third-order valence-electron chi connectivity index (χ3n) is 7.58. The molecule has 48 heavy (non-hydrogen) atoms. The molecular formula is C36H38N6O6. The first kappa shape index (κ1) is 33.9. The predicted molar refractivity (Wildman–Crippen MR) is 179 cm³/mol. The van der Waals surface area contributed by atoms with E-state index in [1.54, 1.807) is 56.0 Å². The molecule has 2 heterocycles. The SMILES string of the molecule is CC(C)(C)OC(=O)CN(CCNN1C(=O)c2ccccc2C1=O)CCn1ccc(NC(=O)C(c2ccccc2)c2ccccc2)nc1=O. The Hall–Kier alpha value is -5.46. The van der Waals surface area contributed by atoms with E-state index in [9.17, 15) is 24.0 Å². The van der Waals surface area contributed by atoms with Crippen molar-refractivity contribution in [1.29, 1.82) is 0 Å². The van der Waals surface area contributed by atoms with Gasteiger partial charge in [0.2, 0.25) is 5.91 Å². The number of hydrogen-bond donors (Lipinski definition) is 2. The van der Waals surface area contributed by atoms with Crippen molar-refractivity contribution < 1.29 is 23.9 Å². The lowest BCUT2D eigenvalue weighted by atomic mass is 9.90. The van der Waals surface area contributed by atoms with E-state index in [1.165, 1.54) is 10.8 Å². The first-order valence-corrected chi connectivity index (χ1v) is 15.6. The van der Waals surface area contributed by atoms with E-state index in [-0.39, 0.29) is 44.4 Å². The minimum atomic E-state index is -0.692. The van der Waals surface area contributed by atoms with Gasteiger partial charge in [-0.3, -0.25) is 28.6 Å². The Kier molecular flexibility index (Phi) is 10.6. The highest BCUT2D eigenvalue weighted by atomic mass is 16.6. The fourth-order valence-electron chi connectivity index (χ4n) is 5.38. The van der Waals surface area contributed by atoms with Crippen LogP contribution in [-0.2, 0) is 20.9 Å². The highest BCUT2D eigenvalue weighted by Gasteiger charge is 2.35. The second-order valence-corrected chi connectivity index (χ2v) is 12.3. The molecule has 2 N–H and O–H groups in total. The molecule has 3 aromatic carbocycles. The lowest BCUT2D eigenvalue weighted by molar-refractivity contribution is -0.156. The first-order valence-electron chi connectivity index (χ1n) is 15.6. The van der Waals surface area contributed by atoms with Crippen LogP contribution in [0, 0.1) is 0 Å². The summed E-state index contributed by atoms with van der Waals surface area (Å²) in [6.07, 6.45) is 1.54. The van der Waals surface area contributed by atoms with E-state index in [4.69, 9.17) is 4.74 Å². The third kappa shape index (κ3) is 8.46. The third-order valence-corrected chi connectivity index (χ3v) is 7.58. The van der Waals surface area contributed by atoms with E-state index in [2.05, 4.69) is 15.7 Å². The molecule has 5 rings (SSSR count). The molecule has 12 heteroatoms. The van der Waals surface area contributed by atoms with Crippen LogP contribution in [0.3, 0.4) is 0 Å². The highest BCUT2D eigenvalue weighted by Crippen LogP contribution is 2.26. The van der Waals surface area contributed by atoms with Crippen LogP contribution in [0.25, 0.3) is 0 Å². The number of aromatic nitrogens is 2. The number of carbonyl (C=O) groups is 4. The molecule has 0 fully saturated rings. The number of nitrogens with zero attached hydrogens (tertiary/aromatic N) is 4. The number of hydrogen-bond acceptors (Lipinski definition) is 9. The van der Waals surface area contributed by atoms with Gasteiger partial charge < -0.3 is 10.1 Å². The molecular weight excluding hydrogens is 612 g/mol. The van der Waals surface area contributed by atoms with Crippen LogP contribution >= 0.6 is 0 Å². The van der Waals surface area contributed by atoms with E-state index in [0.717, 1.165) is 16.1 Å². The van der Waals surface area contributed by atoms with Gasteiger partial charge in [0.25, 0.3) is 11.8 Å². The van der Waals surface area contributed by atoms with Gasteiger partial charge in [-0.1, -0.05) is 72.8 Å². The zero-order chi connectivity index (χ0) is 34.3. The van der Waals surface area contributed by atoms with E-state index >= 15 is 0 Å². The smallest absolute Gasteiger partial charge is 0.349 e.